The van der Waals surface area contributed by atoms with Crippen molar-refractivity contribution in [3.8, 4) is 11.8 Å². The van der Waals surface area contributed by atoms with E-state index < -0.39 is 58.4 Å². The van der Waals surface area contributed by atoms with Gasteiger partial charge in [0.2, 0.25) is 0 Å². The van der Waals surface area contributed by atoms with Gasteiger partial charge in [-0.3, -0.25) is 24.5 Å². The van der Waals surface area contributed by atoms with Crippen molar-refractivity contribution in [1.82, 2.24) is 4.57 Å². The summed E-state index contributed by atoms with van der Waals surface area (Å²) >= 11 is 0. The molecule has 0 saturated carbocycles. The molecule has 0 radical (unpaired) electrons. The minimum Gasteiger partial charge on any atom is -0.494 e. The first kappa shape index (κ1) is 26.2. The van der Waals surface area contributed by atoms with Crippen LogP contribution in [0, 0.1) is 16.0 Å². The highest BCUT2D eigenvalue weighted by atomic mass is 19.4. The monoisotopic (exact) mass is 511 g/mol. The lowest BCUT2D eigenvalue weighted by atomic mass is 9.75. The first-order chi connectivity index (χ1) is 16.9. The molecule has 0 fully saturated rings. The minimum atomic E-state index is -5.15. The Morgan fingerprint density at radius 3 is 2.39 bits per heavy atom. The number of carbonyl (C=O) groups excluding carboxylic acids is 2. The number of alkyl halides is 3. The highest BCUT2D eigenvalue weighted by Crippen LogP contribution is 2.45. The standard InChI is InChI=1S/C22H20F3N3O8/c1-11-16(20(31)35-2)17(12-4-3-5-13(10-12)28(33)34)18(19(26-11)22(23,24)25)21(32)36-9-8-27-14(29)6-7-15(27)30/h3-7,10,16-17,29-30H,8-9H2,1-2H3. The fourth-order valence-electron chi connectivity index (χ4n) is 3.91. The van der Waals surface area contributed by atoms with E-state index in [2.05, 4.69) is 4.99 Å². The quantitative estimate of drug-likeness (QED) is 0.326. The molecule has 0 amide bonds. The number of aromatic nitrogens is 1. The lowest BCUT2D eigenvalue weighted by Crippen LogP contribution is -2.38. The van der Waals surface area contributed by atoms with Crippen molar-refractivity contribution >= 4 is 23.3 Å². The number of halogens is 3. The molecule has 0 bridgehead atoms. The van der Waals surface area contributed by atoms with Crippen LogP contribution in [0.2, 0.25) is 0 Å². The van der Waals surface area contributed by atoms with E-state index in [0.29, 0.717) is 0 Å². The number of aromatic hydroxyl groups is 2. The molecule has 0 saturated heterocycles. The fourth-order valence-corrected chi connectivity index (χ4v) is 3.91. The van der Waals surface area contributed by atoms with Crippen LogP contribution in [0.3, 0.4) is 0 Å². The molecule has 1 aliphatic rings. The van der Waals surface area contributed by atoms with E-state index in [4.69, 9.17) is 9.47 Å². The average molecular weight is 511 g/mol. The van der Waals surface area contributed by atoms with Crippen molar-refractivity contribution in [2.45, 2.75) is 25.6 Å². The van der Waals surface area contributed by atoms with Gasteiger partial charge in [0.05, 0.1) is 24.2 Å². The Morgan fingerprint density at radius 2 is 1.83 bits per heavy atom. The summed E-state index contributed by atoms with van der Waals surface area (Å²) < 4.78 is 52.7. The molecule has 2 heterocycles. The molecule has 192 valence electrons. The fraction of sp³-hybridized carbons (Fsp3) is 0.318. The zero-order valence-electron chi connectivity index (χ0n) is 18.9. The van der Waals surface area contributed by atoms with Crippen LogP contribution >= 0.6 is 0 Å². The third-order valence-electron chi connectivity index (χ3n) is 5.50. The third-order valence-corrected chi connectivity index (χ3v) is 5.50. The second kappa shape index (κ2) is 10.1. The Morgan fingerprint density at radius 1 is 1.19 bits per heavy atom. The molecule has 2 atom stereocenters. The summed E-state index contributed by atoms with van der Waals surface area (Å²) in [6.45, 7) is 0.267. The Labute approximate surface area is 201 Å². The lowest BCUT2D eigenvalue weighted by Gasteiger charge is -2.32. The zero-order valence-corrected chi connectivity index (χ0v) is 18.9. The molecule has 1 aliphatic heterocycles. The van der Waals surface area contributed by atoms with E-state index in [-0.39, 0.29) is 29.6 Å². The number of non-ortho nitro benzene ring substituents is 1. The molecule has 2 aromatic rings. The Bertz CT molecular complexity index is 1250. The highest BCUT2D eigenvalue weighted by Gasteiger charge is 2.49. The number of carbonyl (C=O) groups is 2. The molecule has 0 aliphatic carbocycles. The molecule has 2 N–H and O–H groups in total. The second-order valence-electron chi connectivity index (χ2n) is 7.68. The van der Waals surface area contributed by atoms with E-state index in [1.54, 1.807) is 0 Å². The summed E-state index contributed by atoms with van der Waals surface area (Å²) in [5, 5.41) is 30.7. The maximum absolute atomic E-state index is 14.0. The van der Waals surface area contributed by atoms with Crippen LogP contribution in [0.4, 0.5) is 18.9 Å². The Kier molecular flexibility index (Phi) is 7.36. The number of hydrogen-bond acceptors (Lipinski definition) is 9. The number of aliphatic imine (C=N–C) groups is 1. The van der Waals surface area contributed by atoms with Crippen LogP contribution in [0.25, 0.3) is 0 Å². The van der Waals surface area contributed by atoms with Gasteiger partial charge in [-0.15, -0.1) is 0 Å². The predicted molar refractivity (Wildman–Crippen MR) is 116 cm³/mol. The molecule has 0 spiro atoms. The van der Waals surface area contributed by atoms with Crippen molar-refractivity contribution in [2.24, 2.45) is 10.9 Å². The normalized spacial score (nSPS) is 18.0. The largest absolute Gasteiger partial charge is 0.494 e. The van der Waals surface area contributed by atoms with Gasteiger partial charge < -0.3 is 19.7 Å². The SMILES string of the molecule is COC(=O)C1C(C)=NC(C(F)(F)F)=C(C(=O)OCCn2c(O)ccc2O)C1c1cccc([N+](=O)[O-])c1. The first-order valence-electron chi connectivity index (χ1n) is 10.3. The van der Waals surface area contributed by atoms with Gasteiger partial charge >= 0.3 is 18.1 Å². The van der Waals surface area contributed by atoms with E-state index in [0.717, 1.165) is 42.9 Å². The van der Waals surface area contributed by atoms with Gasteiger partial charge in [0.15, 0.2) is 17.5 Å². The van der Waals surface area contributed by atoms with E-state index >= 15 is 0 Å². The van der Waals surface area contributed by atoms with Crippen LogP contribution in [-0.2, 0) is 25.6 Å². The Balaban J connectivity index is 2.11. The van der Waals surface area contributed by atoms with Crippen LogP contribution in [-0.4, -0.2) is 57.2 Å². The first-order valence-corrected chi connectivity index (χ1v) is 10.3. The molecule has 1 aromatic heterocycles. The van der Waals surface area contributed by atoms with Crippen LogP contribution in [0.15, 0.2) is 52.7 Å². The predicted octanol–water partition coefficient (Wildman–Crippen LogP) is 3.21. The van der Waals surface area contributed by atoms with Crippen LogP contribution < -0.4 is 0 Å². The molecule has 2 unspecified atom stereocenters. The van der Waals surface area contributed by atoms with Crippen molar-refractivity contribution < 1.29 is 47.4 Å². The molecule has 1 aromatic carbocycles. The minimum absolute atomic E-state index is 0.136. The molecular weight excluding hydrogens is 491 g/mol. The van der Waals surface area contributed by atoms with E-state index in [1.807, 2.05) is 0 Å². The Hall–Kier alpha value is -4.36. The van der Waals surface area contributed by atoms with Gasteiger partial charge in [-0.1, -0.05) is 12.1 Å². The number of ether oxygens (including phenoxy) is 2. The van der Waals surface area contributed by atoms with Crippen LogP contribution in [0.5, 0.6) is 11.8 Å². The van der Waals surface area contributed by atoms with E-state index in [1.165, 1.54) is 12.1 Å². The summed E-state index contributed by atoms with van der Waals surface area (Å²) in [7, 11) is 0.997. The topological polar surface area (TPSA) is 153 Å². The van der Waals surface area contributed by atoms with Gasteiger partial charge in [0.1, 0.15) is 12.5 Å². The maximum atomic E-state index is 14.0. The summed E-state index contributed by atoms with van der Waals surface area (Å²) in [5.41, 5.74) is -3.58. The van der Waals surface area contributed by atoms with Crippen molar-refractivity contribution in [3.05, 3.63) is 63.3 Å². The summed E-state index contributed by atoms with van der Waals surface area (Å²) in [6.07, 6.45) is -5.15. The van der Waals surface area contributed by atoms with Gasteiger partial charge in [-0.2, -0.15) is 13.2 Å². The van der Waals surface area contributed by atoms with Crippen molar-refractivity contribution in [2.75, 3.05) is 13.7 Å². The molecule has 36 heavy (non-hydrogen) atoms. The molecular formula is C22H20F3N3O8. The average Bonchev–Trinajstić information content (AvgIpc) is 3.14. The highest BCUT2D eigenvalue weighted by molar-refractivity contribution is 6.07. The van der Waals surface area contributed by atoms with Gasteiger partial charge in [0, 0.05) is 35.9 Å². The number of rotatable bonds is 7. The zero-order chi connectivity index (χ0) is 26.8. The number of methoxy groups -OCH3 is 1. The van der Waals surface area contributed by atoms with E-state index in [9.17, 15) is 43.1 Å². The third kappa shape index (κ3) is 5.16. The number of allylic oxidation sites excluding steroid dienone is 1. The van der Waals surface area contributed by atoms with Gasteiger partial charge in [-0.25, -0.2) is 4.79 Å². The molecule has 3 rings (SSSR count). The van der Waals surface area contributed by atoms with Gasteiger partial charge in [0.25, 0.3) is 5.69 Å². The number of nitro benzene ring substituents is 1. The lowest BCUT2D eigenvalue weighted by molar-refractivity contribution is -0.384. The number of benzene rings is 1. The number of nitrogens with zero attached hydrogens (tertiary/aromatic N) is 3. The van der Waals surface area contributed by atoms with Crippen LogP contribution in [0.1, 0.15) is 18.4 Å². The molecule has 14 heteroatoms. The van der Waals surface area contributed by atoms with Gasteiger partial charge in [-0.05, 0) is 12.5 Å². The van der Waals surface area contributed by atoms with Crippen molar-refractivity contribution in [1.29, 1.82) is 0 Å². The summed E-state index contributed by atoms with van der Waals surface area (Å²) in [6, 6.07) is 6.80. The van der Waals surface area contributed by atoms with Crippen molar-refractivity contribution in [3.63, 3.8) is 0 Å². The maximum Gasteiger partial charge on any atom is 0.433 e. The smallest absolute Gasteiger partial charge is 0.433 e. The summed E-state index contributed by atoms with van der Waals surface area (Å²) in [4.78, 5) is 39.6. The summed E-state index contributed by atoms with van der Waals surface area (Å²) in [5.74, 6) is -6.44. The second-order valence-corrected chi connectivity index (χ2v) is 7.68. The molecule has 11 nitrogen and oxygen atoms in total. The number of hydrogen-bond donors (Lipinski definition) is 2. The number of nitro groups is 1. The number of esters is 2.